The number of rotatable bonds is 8. The first-order valence-electron chi connectivity index (χ1n) is 9.42. The van der Waals surface area contributed by atoms with Crippen molar-refractivity contribution in [1.82, 2.24) is 20.3 Å². The average Bonchev–Trinajstić information content (AvgIpc) is 3.44. The highest BCUT2D eigenvalue weighted by Crippen LogP contribution is 2.38. The highest BCUT2D eigenvalue weighted by molar-refractivity contribution is 7.99. The van der Waals surface area contributed by atoms with Gasteiger partial charge in [-0.2, -0.15) is 0 Å². The summed E-state index contributed by atoms with van der Waals surface area (Å²) in [6.07, 6.45) is 0. The highest BCUT2D eigenvalue weighted by atomic mass is 32.2. The maximum Gasteiger partial charge on any atom is 0.318 e. The van der Waals surface area contributed by atoms with Gasteiger partial charge in [0, 0.05) is 23.3 Å². The highest BCUT2D eigenvalue weighted by Gasteiger charge is 2.24. The monoisotopic (exact) mass is 452 g/mol. The topological polar surface area (TPSA) is 134 Å². The zero-order valence-corrected chi connectivity index (χ0v) is 17.9. The number of carboxylic acid groups (broad SMARTS) is 1. The summed E-state index contributed by atoms with van der Waals surface area (Å²) in [7, 11) is 1.27. The number of nitrogens with zero attached hydrogens (tertiary/aromatic N) is 4. The van der Waals surface area contributed by atoms with Crippen LogP contribution in [-0.2, 0) is 9.63 Å². The molecule has 11 heteroatoms. The lowest BCUT2D eigenvalue weighted by atomic mass is 9.97. The lowest BCUT2D eigenvalue weighted by Gasteiger charge is -2.05. The number of aliphatic carboxylic acids is 1. The maximum absolute atomic E-state index is 12.3. The molecule has 0 aliphatic heterocycles. The fraction of sp³-hybridized carbons (Fsp3) is 0.143. The van der Waals surface area contributed by atoms with Gasteiger partial charge in [0.15, 0.2) is 12.9 Å². The molecule has 10 nitrogen and oxygen atoms in total. The van der Waals surface area contributed by atoms with Gasteiger partial charge in [0.25, 0.3) is 4.92 Å². The SMILES string of the molecule is CO[N+](=O)c1cc(-c2nc(SCC(=O)O)n[nH]2)cc(-c2c(-c3ccccc3)noc2C)c1. The second-order valence-electron chi connectivity index (χ2n) is 6.69. The quantitative estimate of drug-likeness (QED) is 0.297. The summed E-state index contributed by atoms with van der Waals surface area (Å²) in [6, 6.07) is 14.6. The molecule has 32 heavy (non-hydrogen) atoms. The van der Waals surface area contributed by atoms with E-state index in [0.717, 1.165) is 22.9 Å². The van der Waals surface area contributed by atoms with Crippen LogP contribution in [0.1, 0.15) is 5.76 Å². The van der Waals surface area contributed by atoms with Crippen LogP contribution >= 0.6 is 11.8 Å². The van der Waals surface area contributed by atoms with E-state index in [1.807, 2.05) is 36.4 Å². The number of aryl methyl sites for hydroxylation is 1. The standard InChI is InChI=1S/C21H17N5O5S/c1-12-18(19(25-31-12)13-6-4-3-5-7-13)14-8-15(10-16(9-14)26(29)30-2)20-22-21(24-23-20)32-11-17(27)28/h3-10H,11H2,1-2H3,(H-,22,23,24,27,28)/p+1. The van der Waals surface area contributed by atoms with E-state index in [9.17, 15) is 9.70 Å². The summed E-state index contributed by atoms with van der Waals surface area (Å²) >= 11 is 0.988. The molecular formula is C21H18N5O5S+. The van der Waals surface area contributed by atoms with Crippen molar-refractivity contribution in [3.8, 4) is 33.8 Å². The molecule has 162 valence electrons. The molecule has 0 bridgehead atoms. The zero-order valence-electron chi connectivity index (χ0n) is 17.1. The summed E-state index contributed by atoms with van der Waals surface area (Å²) < 4.78 is 5.47. The van der Waals surface area contributed by atoms with Crippen LogP contribution in [0.4, 0.5) is 5.69 Å². The van der Waals surface area contributed by atoms with Gasteiger partial charge in [-0.25, -0.2) is 9.82 Å². The minimum absolute atomic E-state index is 0.166. The van der Waals surface area contributed by atoms with Crippen molar-refractivity contribution in [1.29, 1.82) is 0 Å². The molecule has 2 heterocycles. The number of carbonyl (C=O) groups is 1. The van der Waals surface area contributed by atoms with E-state index < -0.39 is 5.97 Å². The molecule has 0 aliphatic carbocycles. The van der Waals surface area contributed by atoms with Crippen molar-refractivity contribution in [2.24, 2.45) is 0 Å². The number of hydrogen-bond acceptors (Lipinski definition) is 8. The molecule has 4 rings (SSSR count). The molecule has 0 saturated carbocycles. The van der Waals surface area contributed by atoms with E-state index >= 15 is 0 Å². The number of aromatic amines is 1. The minimum Gasteiger partial charge on any atom is -0.481 e. The van der Waals surface area contributed by atoms with Gasteiger partial charge >= 0.3 is 11.7 Å². The zero-order chi connectivity index (χ0) is 22.7. The summed E-state index contributed by atoms with van der Waals surface area (Å²) in [6.45, 7) is 1.79. The molecule has 0 unspecified atom stereocenters. The lowest BCUT2D eigenvalue weighted by molar-refractivity contribution is -0.736. The van der Waals surface area contributed by atoms with Crippen LogP contribution in [0, 0.1) is 11.8 Å². The number of benzene rings is 2. The first-order chi connectivity index (χ1) is 15.5. The van der Waals surface area contributed by atoms with Crippen molar-refractivity contribution in [2.75, 3.05) is 12.9 Å². The first kappa shape index (κ1) is 21.2. The summed E-state index contributed by atoms with van der Waals surface area (Å²) in [5.74, 6) is -0.178. The molecule has 0 radical (unpaired) electrons. The molecule has 4 aromatic rings. The smallest absolute Gasteiger partial charge is 0.318 e. The van der Waals surface area contributed by atoms with Gasteiger partial charge in [-0.3, -0.25) is 9.89 Å². The van der Waals surface area contributed by atoms with E-state index in [1.165, 1.54) is 7.11 Å². The number of carboxylic acids is 1. The largest absolute Gasteiger partial charge is 0.481 e. The van der Waals surface area contributed by atoms with Gasteiger partial charge in [-0.1, -0.05) is 47.3 Å². The van der Waals surface area contributed by atoms with E-state index in [1.54, 1.807) is 19.1 Å². The van der Waals surface area contributed by atoms with Crippen molar-refractivity contribution in [3.05, 3.63) is 59.2 Å². The van der Waals surface area contributed by atoms with Crippen molar-refractivity contribution in [2.45, 2.75) is 12.1 Å². The molecule has 2 N–H and O–H groups in total. The summed E-state index contributed by atoms with van der Waals surface area (Å²) in [5, 5.41) is 20.2. The predicted molar refractivity (Wildman–Crippen MR) is 116 cm³/mol. The van der Waals surface area contributed by atoms with Crippen LogP contribution in [-0.4, -0.2) is 49.2 Å². The van der Waals surface area contributed by atoms with E-state index in [0.29, 0.717) is 33.3 Å². The number of H-pyrrole nitrogens is 1. The molecule has 2 aromatic carbocycles. The number of aromatic nitrogens is 4. The van der Waals surface area contributed by atoms with Crippen LogP contribution in [0.3, 0.4) is 0 Å². The molecule has 0 spiro atoms. The van der Waals surface area contributed by atoms with Gasteiger partial charge < -0.3 is 9.63 Å². The van der Waals surface area contributed by atoms with Gasteiger partial charge in [-0.15, -0.1) is 5.10 Å². The Hall–Kier alpha value is -3.99. The predicted octanol–water partition coefficient (Wildman–Crippen LogP) is 4.25. The van der Waals surface area contributed by atoms with Gasteiger partial charge in [0.05, 0.1) is 16.2 Å². The Morgan fingerprint density at radius 1 is 1.19 bits per heavy atom. The number of hydrogen-bond donors (Lipinski definition) is 2. The number of nitrogens with one attached hydrogen (secondary N) is 1. The third-order valence-electron chi connectivity index (χ3n) is 4.56. The molecule has 0 amide bonds. The van der Waals surface area contributed by atoms with Gasteiger partial charge in [0.1, 0.15) is 11.5 Å². The summed E-state index contributed by atoms with van der Waals surface area (Å²) in [5.41, 5.74) is 3.69. The Balaban J connectivity index is 1.82. The lowest BCUT2D eigenvalue weighted by Crippen LogP contribution is -1.99. The second kappa shape index (κ2) is 9.02. The molecule has 0 fully saturated rings. The first-order valence-corrected chi connectivity index (χ1v) is 10.4. The number of thioether (sulfide) groups is 1. The fourth-order valence-electron chi connectivity index (χ4n) is 3.17. The van der Waals surface area contributed by atoms with Crippen LogP contribution in [0.15, 0.2) is 58.2 Å². The van der Waals surface area contributed by atoms with Crippen LogP contribution in [0.2, 0.25) is 0 Å². The third kappa shape index (κ3) is 4.37. The Kier molecular flexibility index (Phi) is 5.99. The summed E-state index contributed by atoms with van der Waals surface area (Å²) in [4.78, 5) is 32.6. The Morgan fingerprint density at radius 2 is 1.94 bits per heavy atom. The van der Waals surface area contributed by atoms with Crippen molar-refractivity contribution in [3.63, 3.8) is 0 Å². The van der Waals surface area contributed by atoms with Crippen LogP contribution < -0.4 is 0 Å². The van der Waals surface area contributed by atoms with Crippen molar-refractivity contribution < 1.29 is 24.2 Å². The molecule has 0 atom stereocenters. The van der Waals surface area contributed by atoms with Crippen molar-refractivity contribution >= 4 is 23.4 Å². The van der Waals surface area contributed by atoms with Gasteiger partial charge in [0.2, 0.25) is 5.16 Å². The Morgan fingerprint density at radius 3 is 2.66 bits per heavy atom. The minimum atomic E-state index is -0.968. The Labute approximate surface area is 186 Å². The molecule has 0 saturated heterocycles. The van der Waals surface area contributed by atoms with E-state index in [2.05, 4.69) is 20.3 Å². The molecular weight excluding hydrogens is 434 g/mol. The Bertz CT molecular complexity index is 1280. The average molecular weight is 452 g/mol. The fourth-order valence-corrected chi connectivity index (χ4v) is 3.69. The van der Waals surface area contributed by atoms with Gasteiger partial charge in [-0.05, 0) is 18.6 Å². The molecule has 2 aromatic heterocycles. The third-order valence-corrected chi connectivity index (χ3v) is 5.39. The van der Waals surface area contributed by atoms with E-state index in [4.69, 9.17) is 14.5 Å². The van der Waals surface area contributed by atoms with E-state index in [-0.39, 0.29) is 16.6 Å². The maximum atomic E-state index is 12.3. The van der Waals surface area contributed by atoms with Crippen LogP contribution in [0.25, 0.3) is 33.8 Å². The molecule has 0 aliphatic rings. The normalized spacial score (nSPS) is 10.8. The second-order valence-corrected chi connectivity index (χ2v) is 7.63. The van der Waals surface area contributed by atoms with Crippen LogP contribution in [0.5, 0.6) is 0 Å².